The molecule has 9 rings (SSSR count). The summed E-state index contributed by atoms with van der Waals surface area (Å²) in [6, 6.07) is 43.1. The number of fused-ring (bicyclic) bond motifs is 5. The molecule has 2 atom stereocenters. The zero-order valence-corrected chi connectivity index (χ0v) is 27.4. The van der Waals surface area contributed by atoms with Crippen LogP contribution in [-0.2, 0) is 16.0 Å². The highest BCUT2D eigenvalue weighted by molar-refractivity contribution is 6.11. The number of epoxide rings is 2. The van der Waals surface area contributed by atoms with Gasteiger partial charge in [0.15, 0.2) is 0 Å². The van der Waals surface area contributed by atoms with E-state index in [0.29, 0.717) is 0 Å². The first kappa shape index (κ1) is 29.6. The Morgan fingerprint density at radius 1 is 0.592 bits per heavy atom. The van der Waals surface area contributed by atoms with Gasteiger partial charge in [-0.25, -0.2) is 0 Å². The number of hydrogen-bond donors (Lipinski definition) is 0. The monoisotopic (exact) mass is 643 g/mol. The van der Waals surface area contributed by atoms with Crippen molar-refractivity contribution >= 4 is 67.2 Å². The van der Waals surface area contributed by atoms with Crippen LogP contribution in [0.5, 0.6) is 0 Å². The Morgan fingerprint density at radius 3 is 1.47 bits per heavy atom. The molecule has 0 amide bonds. The molecule has 0 radical (unpaired) electrons. The summed E-state index contributed by atoms with van der Waals surface area (Å²) in [5.41, 5.74) is 6.65. The molecule has 0 spiro atoms. The average Bonchev–Trinajstić information content (AvgIpc) is 4.10. The predicted octanol–water partition coefficient (Wildman–Crippen LogP) is 8.60. The molecule has 7 heteroatoms. The van der Waals surface area contributed by atoms with Crippen molar-refractivity contribution < 1.29 is 9.47 Å². The maximum atomic E-state index is 5.59. The lowest BCUT2D eigenvalue weighted by Crippen LogP contribution is -2.22. The zero-order valence-electron chi connectivity index (χ0n) is 27.4. The Morgan fingerprint density at radius 2 is 1.04 bits per heavy atom. The maximum absolute atomic E-state index is 5.59. The minimum Gasteiger partial charge on any atom is -0.371 e. The molecule has 1 aromatic heterocycles. The lowest BCUT2D eigenvalue weighted by molar-refractivity contribution is 0.408. The van der Waals surface area contributed by atoms with Crippen LogP contribution in [0.15, 0.2) is 132 Å². The smallest absolute Gasteiger partial charge is 0.101 e. The van der Waals surface area contributed by atoms with Crippen molar-refractivity contribution in [2.24, 2.45) is 10.2 Å². The molecule has 2 saturated heterocycles. The summed E-state index contributed by atoms with van der Waals surface area (Å²) in [6.07, 6.45) is 4.36. The molecule has 2 fully saturated rings. The molecule has 2 aliphatic heterocycles. The van der Waals surface area contributed by atoms with Crippen molar-refractivity contribution in [3.63, 3.8) is 0 Å². The number of aromatic nitrogens is 1. The first-order valence-electron chi connectivity index (χ1n) is 17.1. The minimum absolute atomic E-state index is 0.211. The summed E-state index contributed by atoms with van der Waals surface area (Å²) in [7, 11) is 0. The summed E-state index contributed by atoms with van der Waals surface area (Å²) in [5, 5.41) is 21.4. The fourth-order valence-electron chi connectivity index (χ4n) is 6.76. The van der Waals surface area contributed by atoms with Crippen LogP contribution in [-0.4, -0.2) is 55.5 Å². The van der Waals surface area contributed by atoms with Crippen molar-refractivity contribution in [1.82, 2.24) is 4.57 Å². The molecule has 6 aromatic carbocycles. The van der Waals surface area contributed by atoms with Crippen molar-refractivity contribution in [1.29, 1.82) is 0 Å². The van der Waals surface area contributed by atoms with Gasteiger partial charge in [-0.05, 0) is 88.1 Å². The molecule has 49 heavy (non-hydrogen) atoms. The van der Waals surface area contributed by atoms with Gasteiger partial charge >= 0.3 is 0 Å². The van der Waals surface area contributed by atoms with Crippen LogP contribution in [0.4, 0.5) is 11.4 Å². The fraction of sp³-hybridized carbons (Fsp3) is 0.190. The van der Waals surface area contributed by atoms with Gasteiger partial charge < -0.3 is 14.0 Å². The van der Waals surface area contributed by atoms with Gasteiger partial charge in [-0.2, -0.15) is 10.2 Å². The van der Waals surface area contributed by atoms with E-state index in [1.54, 1.807) is 0 Å². The van der Waals surface area contributed by atoms with E-state index in [1.807, 2.05) is 12.4 Å². The summed E-state index contributed by atoms with van der Waals surface area (Å²) in [6.45, 7) is 6.09. The van der Waals surface area contributed by atoms with E-state index >= 15 is 0 Å². The Labute approximate surface area is 285 Å². The second-order valence-electron chi connectivity index (χ2n) is 12.9. The fourth-order valence-corrected chi connectivity index (χ4v) is 6.76. The molecule has 2 unspecified atom stereocenters. The minimum atomic E-state index is 0.211. The molecule has 0 bridgehead atoms. The topological polar surface area (TPSA) is 61.2 Å². The van der Waals surface area contributed by atoms with E-state index in [-0.39, 0.29) is 12.2 Å². The molecular formula is C42H37N5O2. The van der Waals surface area contributed by atoms with Crippen LogP contribution >= 0.6 is 0 Å². The third kappa shape index (κ3) is 6.15. The molecule has 2 aliphatic rings. The van der Waals surface area contributed by atoms with E-state index in [1.165, 1.54) is 43.4 Å². The summed E-state index contributed by atoms with van der Waals surface area (Å²) in [5.74, 6) is 0. The van der Waals surface area contributed by atoms with Gasteiger partial charge in [0, 0.05) is 28.4 Å². The third-order valence-corrected chi connectivity index (χ3v) is 9.54. The van der Waals surface area contributed by atoms with Crippen molar-refractivity contribution in [2.75, 3.05) is 36.3 Å². The Balaban J connectivity index is 1.04. The van der Waals surface area contributed by atoms with Crippen LogP contribution in [0.25, 0.3) is 43.4 Å². The summed E-state index contributed by atoms with van der Waals surface area (Å²) in [4.78, 5) is 0. The number of hydrazone groups is 2. The van der Waals surface area contributed by atoms with E-state index in [2.05, 4.69) is 143 Å². The molecule has 0 aliphatic carbocycles. The standard InChI is InChI=1S/C42H37N5O2/c1-2-45-41-17-11-29(23-43-46(25-37-27-48-37)35-15-13-31-7-3-5-9-33(31)21-35)19-39(41)40-20-30(12-18-42(40)45)24-44-47(26-38-28-49-38)36-16-14-32-8-4-6-10-34(32)22-36/h3-24,37-38H,2,25-28H2,1H3/b43-23+,44-24+. The number of hydrogen-bond acceptors (Lipinski definition) is 6. The molecule has 3 heterocycles. The van der Waals surface area contributed by atoms with E-state index in [9.17, 15) is 0 Å². The number of ether oxygens (including phenoxy) is 2. The number of rotatable bonds is 11. The van der Waals surface area contributed by atoms with Gasteiger partial charge in [-0.1, -0.05) is 72.8 Å². The molecular weight excluding hydrogens is 606 g/mol. The highest BCUT2D eigenvalue weighted by Gasteiger charge is 2.27. The molecule has 0 N–H and O–H groups in total. The first-order valence-corrected chi connectivity index (χ1v) is 17.1. The first-order chi connectivity index (χ1) is 24.2. The second kappa shape index (κ2) is 12.5. The normalized spacial score (nSPS) is 17.2. The van der Waals surface area contributed by atoms with Crippen molar-refractivity contribution in [3.8, 4) is 0 Å². The Bertz CT molecular complexity index is 2220. The lowest BCUT2D eigenvalue weighted by atomic mass is 10.1. The van der Waals surface area contributed by atoms with Gasteiger partial charge in [-0.15, -0.1) is 0 Å². The van der Waals surface area contributed by atoms with E-state index in [4.69, 9.17) is 19.7 Å². The molecule has 0 saturated carbocycles. The number of nitrogens with zero attached hydrogens (tertiary/aromatic N) is 5. The number of aryl methyl sites for hydroxylation is 1. The maximum Gasteiger partial charge on any atom is 0.101 e. The Kier molecular flexibility index (Phi) is 7.56. The summed E-state index contributed by atoms with van der Waals surface area (Å²) < 4.78 is 13.6. The number of benzene rings is 6. The van der Waals surface area contributed by atoms with Gasteiger partial charge in [0.1, 0.15) is 12.2 Å². The van der Waals surface area contributed by atoms with Crippen LogP contribution in [0.3, 0.4) is 0 Å². The zero-order chi connectivity index (χ0) is 32.7. The molecule has 7 aromatic rings. The van der Waals surface area contributed by atoms with Crippen LogP contribution in [0.2, 0.25) is 0 Å². The summed E-state index contributed by atoms with van der Waals surface area (Å²) >= 11 is 0. The lowest BCUT2D eigenvalue weighted by Gasteiger charge is -2.18. The number of anilines is 2. The highest BCUT2D eigenvalue weighted by atomic mass is 16.6. The van der Waals surface area contributed by atoms with Crippen molar-refractivity contribution in [3.05, 3.63) is 132 Å². The van der Waals surface area contributed by atoms with Gasteiger partial charge in [0.05, 0.1) is 50.1 Å². The van der Waals surface area contributed by atoms with Gasteiger partial charge in [0.2, 0.25) is 0 Å². The Hall–Kier alpha value is -5.50. The van der Waals surface area contributed by atoms with Gasteiger partial charge in [0.25, 0.3) is 0 Å². The van der Waals surface area contributed by atoms with E-state index in [0.717, 1.165) is 55.3 Å². The predicted molar refractivity (Wildman–Crippen MR) is 202 cm³/mol. The largest absolute Gasteiger partial charge is 0.371 e. The average molecular weight is 644 g/mol. The molecule has 7 nitrogen and oxygen atoms in total. The highest BCUT2D eigenvalue weighted by Crippen LogP contribution is 2.31. The van der Waals surface area contributed by atoms with Crippen LogP contribution in [0, 0.1) is 0 Å². The second-order valence-corrected chi connectivity index (χ2v) is 12.9. The quantitative estimate of drug-likeness (QED) is 0.0805. The van der Waals surface area contributed by atoms with Crippen molar-refractivity contribution in [2.45, 2.75) is 25.7 Å². The third-order valence-electron chi connectivity index (χ3n) is 9.54. The van der Waals surface area contributed by atoms with Gasteiger partial charge in [-0.3, -0.25) is 10.0 Å². The van der Waals surface area contributed by atoms with E-state index < -0.39 is 0 Å². The van der Waals surface area contributed by atoms with Crippen LogP contribution < -0.4 is 10.0 Å². The van der Waals surface area contributed by atoms with Crippen LogP contribution in [0.1, 0.15) is 18.1 Å². The SMILES string of the molecule is CCn1c2ccc(/C=N/N(CC3CO3)c3ccc4ccccc4c3)cc2c2cc(/C=N/N(CC3CO3)c3ccc4ccccc4c3)ccc21. The molecule has 242 valence electrons.